The summed E-state index contributed by atoms with van der Waals surface area (Å²) in [5.74, 6) is -0.157. The van der Waals surface area contributed by atoms with Crippen LogP contribution < -0.4 is 0 Å². The Labute approximate surface area is 149 Å². The van der Waals surface area contributed by atoms with Crippen molar-refractivity contribution in [3.05, 3.63) is 0 Å². The molecule has 0 saturated carbocycles. The fourth-order valence-electron chi connectivity index (χ4n) is 2.30. The molecule has 0 aromatic carbocycles. The molecule has 144 valence electrons. The van der Waals surface area contributed by atoms with Gasteiger partial charge in [0.15, 0.2) is 0 Å². The van der Waals surface area contributed by atoms with E-state index in [1.165, 1.54) is 72.0 Å². The van der Waals surface area contributed by atoms with Crippen LogP contribution in [0, 0.1) is 0 Å². The summed E-state index contributed by atoms with van der Waals surface area (Å²) in [6.07, 6.45) is 15.8. The van der Waals surface area contributed by atoms with Gasteiger partial charge in [-0.15, -0.1) is 0 Å². The second-order valence-corrected chi connectivity index (χ2v) is 6.19. The lowest BCUT2D eigenvalue weighted by molar-refractivity contribution is -0.141. The minimum absolute atomic E-state index is 0.0754. The fraction of sp³-hybridized carbons (Fsp3) is 0.900. The molecule has 0 aromatic rings. The molecule has 0 fully saturated rings. The van der Waals surface area contributed by atoms with Crippen molar-refractivity contribution in [2.24, 2.45) is 0 Å². The van der Waals surface area contributed by atoms with Gasteiger partial charge in [0.2, 0.25) is 0 Å². The molecule has 0 amide bonds. The summed E-state index contributed by atoms with van der Waals surface area (Å²) in [6, 6.07) is 0. The largest absolute Gasteiger partial charge is 0.469 e. The van der Waals surface area contributed by atoms with Gasteiger partial charge in [0, 0.05) is 12.8 Å². The highest BCUT2D eigenvalue weighted by molar-refractivity contribution is 5.69. The number of carbonyl (C=O) groups excluding carboxylic acids is 2. The first kappa shape index (κ1) is 25.2. The van der Waals surface area contributed by atoms with Crippen LogP contribution in [-0.2, 0) is 19.1 Å². The molecule has 0 heterocycles. The van der Waals surface area contributed by atoms with Crippen LogP contribution in [0.5, 0.6) is 0 Å². The summed E-state index contributed by atoms with van der Waals surface area (Å²) in [5, 5.41) is 0. The van der Waals surface area contributed by atoms with Crippen molar-refractivity contribution >= 4 is 11.9 Å². The number of hydrogen-bond donors (Lipinski definition) is 0. The van der Waals surface area contributed by atoms with Crippen LogP contribution in [0.3, 0.4) is 0 Å². The van der Waals surface area contributed by atoms with Crippen LogP contribution >= 0.6 is 0 Å². The Morgan fingerprint density at radius 2 is 0.833 bits per heavy atom. The van der Waals surface area contributed by atoms with E-state index in [4.69, 9.17) is 0 Å². The summed E-state index contributed by atoms with van der Waals surface area (Å²) in [5.41, 5.74) is 0. The number of ether oxygens (including phenoxy) is 2. The van der Waals surface area contributed by atoms with Crippen LogP contribution in [0.1, 0.15) is 104 Å². The molecule has 0 aromatic heterocycles. The maximum absolute atomic E-state index is 10.7. The third kappa shape index (κ3) is 23.2. The lowest BCUT2D eigenvalue weighted by atomic mass is 10.1. The van der Waals surface area contributed by atoms with E-state index in [0.717, 1.165) is 19.3 Å². The third-order valence-electron chi connectivity index (χ3n) is 3.92. The van der Waals surface area contributed by atoms with Gasteiger partial charge < -0.3 is 9.47 Å². The highest BCUT2D eigenvalue weighted by Gasteiger charge is 1.99. The molecular weight excluding hydrogens is 304 g/mol. The van der Waals surface area contributed by atoms with Gasteiger partial charge in [-0.25, -0.2) is 0 Å². The van der Waals surface area contributed by atoms with Crippen molar-refractivity contribution in [1.29, 1.82) is 0 Å². The molecule has 0 spiro atoms. The van der Waals surface area contributed by atoms with E-state index in [9.17, 15) is 9.59 Å². The Morgan fingerprint density at radius 1 is 0.542 bits per heavy atom. The first-order valence-corrected chi connectivity index (χ1v) is 9.75. The Morgan fingerprint density at radius 3 is 1.12 bits per heavy atom. The smallest absolute Gasteiger partial charge is 0.305 e. The summed E-state index contributed by atoms with van der Waals surface area (Å²) in [6.45, 7) is 4.40. The summed E-state index contributed by atoms with van der Waals surface area (Å²) in [4.78, 5) is 21.3. The van der Waals surface area contributed by atoms with E-state index in [-0.39, 0.29) is 11.9 Å². The molecule has 0 bridgehead atoms. The average Bonchev–Trinajstić information content (AvgIpc) is 2.60. The molecule has 0 aliphatic rings. The van der Waals surface area contributed by atoms with Gasteiger partial charge in [-0.05, 0) is 12.8 Å². The van der Waals surface area contributed by atoms with Gasteiger partial charge in [0.25, 0.3) is 0 Å². The first-order valence-electron chi connectivity index (χ1n) is 9.75. The van der Waals surface area contributed by atoms with E-state index in [1.807, 2.05) is 0 Å². The number of esters is 2. The summed E-state index contributed by atoms with van der Waals surface area (Å²) >= 11 is 0. The molecule has 0 unspecified atom stereocenters. The number of hydrogen-bond acceptors (Lipinski definition) is 4. The monoisotopic (exact) mass is 344 g/mol. The zero-order valence-corrected chi connectivity index (χ0v) is 16.5. The zero-order valence-electron chi connectivity index (χ0n) is 16.5. The second-order valence-electron chi connectivity index (χ2n) is 6.19. The molecular formula is C20H40O4. The molecule has 4 heteroatoms. The molecule has 0 saturated heterocycles. The predicted octanol–water partition coefficient (Wildman–Crippen LogP) is 5.82. The van der Waals surface area contributed by atoms with Crippen molar-refractivity contribution in [3.63, 3.8) is 0 Å². The molecule has 24 heavy (non-hydrogen) atoms. The number of rotatable bonds is 14. The van der Waals surface area contributed by atoms with Crippen LogP contribution in [0.2, 0.25) is 0 Å². The van der Waals surface area contributed by atoms with E-state index in [2.05, 4.69) is 23.3 Å². The average molecular weight is 345 g/mol. The van der Waals surface area contributed by atoms with Gasteiger partial charge in [-0.2, -0.15) is 0 Å². The van der Waals surface area contributed by atoms with Crippen LogP contribution in [-0.4, -0.2) is 26.2 Å². The SMILES string of the molecule is CCCCCCCC(=O)OC.CCCCCCCCCC(=O)OC. The molecule has 0 aliphatic heterocycles. The number of unbranched alkanes of at least 4 members (excludes halogenated alkanes) is 10. The molecule has 0 radical (unpaired) electrons. The van der Waals surface area contributed by atoms with Crippen molar-refractivity contribution in [1.82, 2.24) is 0 Å². The first-order chi connectivity index (χ1) is 11.6. The number of carbonyl (C=O) groups is 2. The Hall–Kier alpha value is -1.06. The summed E-state index contributed by atoms with van der Waals surface area (Å²) < 4.78 is 9.07. The van der Waals surface area contributed by atoms with Gasteiger partial charge in [-0.3, -0.25) is 9.59 Å². The molecule has 4 nitrogen and oxygen atoms in total. The topological polar surface area (TPSA) is 52.6 Å². The zero-order chi connectivity index (χ0) is 18.5. The van der Waals surface area contributed by atoms with Crippen molar-refractivity contribution in [2.75, 3.05) is 14.2 Å². The molecule has 0 rings (SSSR count). The van der Waals surface area contributed by atoms with E-state index in [1.54, 1.807) is 0 Å². The second kappa shape index (κ2) is 21.9. The predicted molar refractivity (Wildman–Crippen MR) is 100 cm³/mol. The minimum Gasteiger partial charge on any atom is -0.469 e. The fourth-order valence-corrected chi connectivity index (χ4v) is 2.30. The van der Waals surface area contributed by atoms with E-state index < -0.39 is 0 Å². The van der Waals surface area contributed by atoms with E-state index >= 15 is 0 Å². The van der Waals surface area contributed by atoms with Crippen LogP contribution in [0.15, 0.2) is 0 Å². The summed E-state index contributed by atoms with van der Waals surface area (Å²) in [7, 11) is 2.89. The van der Waals surface area contributed by atoms with Gasteiger partial charge in [-0.1, -0.05) is 78.1 Å². The minimum atomic E-state index is -0.0819. The lowest BCUT2D eigenvalue weighted by Crippen LogP contribution is -1.99. The molecule has 0 atom stereocenters. The Kier molecular flexibility index (Phi) is 23.0. The highest BCUT2D eigenvalue weighted by Crippen LogP contribution is 2.08. The Balaban J connectivity index is 0. The quantitative estimate of drug-likeness (QED) is 0.294. The highest BCUT2D eigenvalue weighted by atomic mass is 16.5. The standard InChI is InChI=1S/C11H22O2.C9H18O2/c1-3-4-5-6-7-8-9-10-11(12)13-2;1-3-4-5-6-7-8-9(10)11-2/h3-10H2,1-2H3;3-8H2,1-2H3. The third-order valence-corrected chi connectivity index (χ3v) is 3.92. The number of methoxy groups -OCH3 is 2. The molecule has 0 N–H and O–H groups in total. The lowest BCUT2D eigenvalue weighted by Gasteiger charge is -2.00. The van der Waals surface area contributed by atoms with Gasteiger partial charge in [0.1, 0.15) is 0 Å². The normalized spacial score (nSPS) is 9.83. The van der Waals surface area contributed by atoms with Crippen molar-refractivity contribution in [2.45, 2.75) is 104 Å². The van der Waals surface area contributed by atoms with Crippen LogP contribution in [0.4, 0.5) is 0 Å². The van der Waals surface area contributed by atoms with Crippen LogP contribution in [0.25, 0.3) is 0 Å². The molecule has 0 aliphatic carbocycles. The Bertz CT molecular complexity index is 277. The van der Waals surface area contributed by atoms with Crippen molar-refractivity contribution < 1.29 is 19.1 Å². The maximum atomic E-state index is 10.7. The van der Waals surface area contributed by atoms with Crippen molar-refractivity contribution in [3.8, 4) is 0 Å². The maximum Gasteiger partial charge on any atom is 0.305 e. The van der Waals surface area contributed by atoms with E-state index in [0.29, 0.717) is 12.8 Å². The van der Waals surface area contributed by atoms with Gasteiger partial charge in [0.05, 0.1) is 14.2 Å². The van der Waals surface area contributed by atoms with Gasteiger partial charge >= 0.3 is 11.9 Å².